The van der Waals surface area contributed by atoms with Crippen LogP contribution in [-0.4, -0.2) is 68.2 Å². The third-order valence-corrected chi connectivity index (χ3v) is 4.06. The average Bonchev–Trinajstić information content (AvgIpc) is 3.26. The van der Waals surface area contributed by atoms with E-state index in [2.05, 4.69) is 4.90 Å². The zero-order valence-corrected chi connectivity index (χ0v) is 13.3. The van der Waals surface area contributed by atoms with Crippen LogP contribution in [0.15, 0.2) is 0 Å². The molecule has 2 N–H and O–H groups in total. The van der Waals surface area contributed by atoms with Crippen molar-refractivity contribution in [3.05, 3.63) is 0 Å². The SMILES string of the molecule is CCN(CC)C(=O)CC(CN)N(C)CCOCC1CC1. The smallest absolute Gasteiger partial charge is 0.224 e. The van der Waals surface area contributed by atoms with Crippen LogP contribution in [0.1, 0.15) is 33.1 Å². The van der Waals surface area contributed by atoms with Gasteiger partial charge in [-0.05, 0) is 39.7 Å². The van der Waals surface area contributed by atoms with E-state index in [1.807, 2.05) is 25.8 Å². The standard InChI is InChI=1S/C15H31N3O2/c1-4-18(5-2)15(19)10-14(11-16)17(3)8-9-20-12-13-6-7-13/h13-14H,4-12,16H2,1-3H3. The normalized spacial score (nSPS) is 16.4. The maximum atomic E-state index is 12.1. The third-order valence-electron chi connectivity index (χ3n) is 4.06. The fourth-order valence-corrected chi connectivity index (χ4v) is 2.25. The molecule has 1 amide bonds. The van der Waals surface area contributed by atoms with Crippen molar-refractivity contribution in [2.45, 2.75) is 39.2 Å². The van der Waals surface area contributed by atoms with Crippen molar-refractivity contribution < 1.29 is 9.53 Å². The first-order valence-corrected chi connectivity index (χ1v) is 7.88. The molecule has 0 aromatic rings. The lowest BCUT2D eigenvalue weighted by Crippen LogP contribution is -2.44. The molecule has 1 rings (SSSR count). The van der Waals surface area contributed by atoms with Crippen molar-refractivity contribution in [3.8, 4) is 0 Å². The maximum absolute atomic E-state index is 12.1. The summed E-state index contributed by atoms with van der Waals surface area (Å²) in [5.74, 6) is 0.992. The van der Waals surface area contributed by atoms with E-state index in [4.69, 9.17) is 10.5 Å². The Morgan fingerprint density at radius 1 is 1.35 bits per heavy atom. The lowest BCUT2D eigenvalue weighted by Gasteiger charge is -2.28. The second-order valence-corrected chi connectivity index (χ2v) is 5.66. The van der Waals surface area contributed by atoms with Gasteiger partial charge < -0.3 is 15.4 Å². The largest absolute Gasteiger partial charge is 0.380 e. The summed E-state index contributed by atoms with van der Waals surface area (Å²) in [5, 5.41) is 0. The number of hydrogen-bond acceptors (Lipinski definition) is 4. The summed E-state index contributed by atoms with van der Waals surface area (Å²) in [5.41, 5.74) is 5.81. The fourth-order valence-electron chi connectivity index (χ4n) is 2.25. The molecule has 0 heterocycles. The van der Waals surface area contributed by atoms with E-state index in [0.717, 1.165) is 38.8 Å². The van der Waals surface area contributed by atoms with Crippen LogP contribution in [0.2, 0.25) is 0 Å². The van der Waals surface area contributed by atoms with E-state index >= 15 is 0 Å². The van der Waals surface area contributed by atoms with E-state index in [1.54, 1.807) is 0 Å². The van der Waals surface area contributed by atoms with Gasteiger partial charge in [-0.1, -0.05) is 0 Å². The van der Waals surface area contributed by atoms with Gasteiger partial charge in [0, 0.05) is 45.2 Å². The molecule has 1 saturated carbocycles. The minimum Gasteiger partial charge on any atom is -0.380 e. The van der Waals surface area contributed by atoms with Gasteiger partial charge in [0.25, 0.3) is 0 Å². The highest BCUT2D eigenvalue weighted by molar-refractivity contribution is 5.76. The van der Waals surface area contributed by atoms with Gasteiger partial charge in [0.05, 0.1) is 6.61 Å². The van der Waals surface area contributed by atoms with Crippen molar-refractivity contribution in [2.24, 2.45) is 11.7 Å². The number of rotatable bonds is 11. The van der Waals surface area contributed by atoms with Crippen molar-refractivity contribution in [2.75, 3.05) is 46.4 Å². The van der Waals surface area contributed by atoms with E-state index in [-0.39, 0.29) is 11.9 Å². The zero-order chi connectivity index (χ0) is 15.0. The molecule has 1 fully saturated rings. The molecule has 5 nitrogen and oxygen atoms in total. The molecule has 0 aromatic heterocycles. The Bertz CT molecular complexity index is 278. The summed E-state index contributed by atoms with van der Waals surface area (Å²) >= 11 is 0. The second kappa shape index (κ2) is 9.32. The highest BCUT2D eigenvalue weighted by atomic mass is 16.5. The van der Waals surface area contributed by atoms with Crippen LogP contribution in [0, 0.1) is 5.92 Å². The van der Waals surface area contributed by atoms with Crippen LogP contribution in [-0.2, 0) is 9.53 Å². The summed E-state index contributed by atoms with van der Waals surface area (Å²) in [6.45, 7) is 8.50. The predicted octanol–water partition coefficient (Wildman–Crippen LogP) is 0.931. The summed E-state index contributed by atoms with van der Waals surface area (Å²) in [6.07, 6.45) is 3.14. The first-order valence-electron chi connectivity index (χ1n) is 7.88. The van der Waals surface area contributed by atoms with E-state index in [9.17, 15) is 4.79 Å². The maximum Gasteiger partial charge on any atom is 0.224 e. The number of nitrogens with two attached hydrogens (primary N) is 1. The number of carbonyl (C=O) groups is 1. The molecule has 118 valence electrons. The molecule has 0 aromatic carbocycles. The number of ether oxygens (including phenoxy) is 1. The Hall–Kier alpha value is -0.650. The van der Waals surface area contributed by atoms with Gasteiger partial charge in [0.2, 0.25) is 5.91 Å². The van der Waals surface area contributed by atoms with Gasteiger partial charge >= 0.3 is 0 Å². The van der Waals surface area contributed by atoms with Crippen molar-refractivity contribution in [1.29, 1.82) is 0 Å². The van der Waals surface area contributed by atoms with Crippen molar-refractivity contribution in [3.63, 3.8) is 0 Å². The summed E-state index contributed by atoms with van der Waals surface area (Å²) in [6, 6.07) is 0.104. The number of carbonyl (C=O) groups excluding carboxylic acids is 1. The first kappa shape index (κ1) is 17.4. The Balaban J connectivity index is 2.25. The molecular weight excluding hydrogens is 254 g/mol. The average molecular weight is 285 g/mol. The van der Waals surface area contributed by atoms with Gasteiger partial charge in [-0.25, -0.2) is 0 Å². The molecule has 20 heavy (non-hydrogen) atoms. The summed E-state index contributed by atoms with van der Waals surface area (Å²) < 4.78 is 5.64. The van der Waals surface area contributed by atoms with Crippen molar-refractivity contribution in [1.82, 2.24) is 9.80 Å². The number of nitrogens with zero attached hydrogens (tertiary/aromatic N) is 2. The lowest BCUT2D eigenvalue weighted by atomic mass is 10.1. The van der Waals surface area contributed by atoms with Gasteiger partial charge in [0.1, 0.15) is 0 Å². The van der Waals surface area contributed by atoms with Crippen LogP contribution in [0.3, 0.4) is 0 Å². The highest BCUT2D eigenvalue weighted by Crippen LogP contribution is 2.28. The monoisotopic (exact) mass is 285 g/mol. The Morgan fingerprint density at radius 3 is 2.50 bits per heavy atom. The number of likely N-dealkylation sites (N-methyl/N-ethyl adjacent to an activating group) is 1. The molecule has 0 bridgehead atoms. The molecule has 0 spiro atoms. The molecular formula is C15H31N3O2. The topological polar surface area (TPSA) is 58.8 Å². The van der Waals surface area contributed by atoms with Crippen LogP contribution in [0.25, 0.3) is 0 Å². The van der Waals surface area contributed by atoms with Gasteiger partial charge in [-0.15, -0.1) is 0 Å². The van der Waals surface area contributed by atoms with Gasteiger partial charge in [0.15, 0.2) is 0 Å². The second-order valence-electron chi connectivity index (χ2n) is 5.66. The third kappa shape index (κ3) is 6.20. The molecule has 1 aliphatic rings. The Kier molecular flexibility index (Phi) is 8.11. The van der Waals surface area contributed by atoms with Crippen LogP contribution < -0.4 is 5.73 Å². The molecule has 1 atom stereocenters. The summed E-state index contributed by atoms with van der Waals surface area (Å²) in [4.78, 5) is 16.1. The van der Waals surface area contributed by atoms with E-state index < -0.39 is 0 Å². The molecule has 0 saturated heterocycles. The highest BCUT2D eigenvalue weighted by Gasteiger charge is 2.22. The first-order chi connectivity index (χ1) is 9.62. The molecule has 0 radical (unpaired) electrons. The molecule has 5 heteroatoms. The fraction of sp³-hybridized carbons (Fsp3) is 0.933. The van der Waals surface area contributed by atoms with Crippen LogP contribution in [0.5, 0.6) is 0 Å². The van der Waals surface area contributed by atoms with Crippen LogP contribution in [0.4, 0.5) is 0 Å². The van der Waals surface area contributed by atoms with Gasteiger partial charge in [-0.2, -0.15) is 0 Å². The lowest BCUT2D eigenvalue weighted by molar-refractivity contribution is -0.132. The molecule has 1 aliphatic carbocycles. The number of amides is 1. The van der Waals surface area contributed by atoms with E-state index in [1.165, 1.54) is 12.8 Å². The predicted molar refractivity (Wildman–Crippen MR) is 81.6 cm³/mol. The van der Waals surface area contributed by atoms with Crippen LogP contribution >= 0.6 is 0 Å². The quantitative estimate of drug-likeness (QED) is 0.574. The van der Waals surface area contributed by atoms with Gasteiger partial charge in [-0.3, -0.25) is 9.69 Å². The van der Waals surface area contributed by atoms with Crippen molar-refractivity contribution >= 4 is 5.91 Å². The zero-order valence-electron chi connectivity index (χ0n) is 13.3. The Labute approximate surface area is 123 Å². The Morgan fingerprint density at radius 2 is 2.00 bits per heavy atom. The minimum absolute atomic E-state index is 0.104. The number of hydrogen-bond donors (Lipinski definition) is 1. The van der Waals surface area contributed by atoms with E-state index in [0.29, 0.717) is 13.0 Å². The molecule has 1 unspecified atom stereocenters. The molecule has 0 aliphatic heterocycles. The minimum atomic E-state index is 0.104. The summed E-state index contributed by atoms with van der Waals surface area (Å²) in [7, 11) is 2.02.